The van der Waals surface area contributed by atoms with Crippen LogP contribution in [0, 0.1) is 0 Å². The van der Waals surface area contributed by atoms with E-state index in [2.05, 4.69) is 64.2 Å². The molecular formula is C18H19N3. The molecule has 0 spiro atoms. The van der Waals surface area contributed by atoms with Crippen molar-refractivity contribution >= 4 is 11.9 Å². The fourth-order valence-electron chi connectivity index (χ4n) is 2.30. The molecule has 3 heteroatoms. The SMILES string of the molecule is CC1=C(C)NC(Nc2ccc(-c3ccccc3)cc2)C=N1. The van der Waals surface area contributed by atoms with E-state index >= 15 is 0 Å². The predicted octanol–water partition coefficient (Wildman–Crippen LogP) is 4.02. The van der Waals surface area contributed by atoms with Crippen molar-refractivity contribution in [2.75, 3.05) is 5.32 Å². The van der Waals surface area contributed by atoms with Crippen LogP contribution in [0.25, 0.3) is 11.1 Å². The zero-order chi connectivity index (χ0) is 14.7. The Morgan fingerprint density at radius 2 is 1.57 bits per heavy atom. The van der Waals surface area contributed by atoms with E-state index < -0.39 is 0 Å². The average Bonchev–Trinajstić information content (AvgIpc) is 2.53. The first-order valence-electron chi connectivity index (χ1n) is 7.12. The van der Waals surface area contributed by atoms with Gasteiger partial charge in [-0.25, -0.2) is 0 Å². The maximum atomic E-state index is 4.38. The third-order valence-corrected chi connectivity index (χ3v) is 3.65. The van der Waals surface area contributed by atoms with Gasteiger partial charge in [0.05, 0.1) is 5.70 Å². The molecule has 1 heterocycles. The summed E-state index contributed by atoms with van der Waals surface area (Å²) in [5, 5.41) is 6.80. The maximum Gasteiger partial charge on any atom is 0.133 e. The summed E-state index contributed by atoms with van der Waals surface area (Å²) in [6.07, 6.45) is 1.93. The van der Waals surface area contributed by atoms with E-state index in [1.807, 2.05) is 26.1 Å². The Hall–Kier alpha value is -2.55. The third-order valence-electron chi connectivity index (χ3n) is 3.65. The van der Waals surface area contributed by atoms with E-state index in [0.29, 0.717) is 0 Å². The summed E-state index contributed by atoms with van der Waals surface area (Å²) in [4.78, 5) is 4.38. The van der Waals surface area contributed by atoms with E-state index in [-0.39, 0.29) is 6.17 Å². The van der Waals surface area contributed by atoms with Crippen LogP contribution in [-0.4, -0.2) is 12.4 Å². The smallest absolute Gasteiger partial charge is 0.133 e. The second-order valence-electron chi connectivity index (χ2n) is 5.20. The van der Waals surface area contributed by atoms with Gasteiger partial charge in [0.15, 0.2) is 0 Å². The van der Waals surface area contributed by atoms with Crippen LogP contribution in [0.2, 0.25) is 0 Å². The van der Waals surface area contributed by atoms with Crippen molar-refractivity contribution in [1.82, 2.24) is 5.32 Å². The van der Waals surface area contributed by atoms with Crippen LogP contribution in [0.15, 0.2) is 71.0 Å². The number of nitrogens with zero attached hydrogens (tertiary/aromatic N) is 1. The molecule has 3 nitrogen and oxygen atoms in total. The van der Waals surface area contributed by atoms with E-state index in [9.17, 15) is 0 Å². The van der Waals surface area contributed by atoms with E-state index in [4.69, 9.17) is 0 Å². The fraction of sp³-hybridized carbons (Fsp3) is 0.167. The lowest BCUT2D eigenvalue weighted by molar-refractivity contribution is 0.752. The van der Waals surface area contributed by atoms with Crippen molar-refractivity contribution in [1.29, 1.82) is 0 Å². The quantitative estimate of drug-likeness (QED) is 0.889. The first-order chi connectivity index (χ1) is 10.2. The summed E-state index contributed by atoms with van der Waals surface area (Å²) in [7, 11) is 0. The van der Waals surface area contributed by atoms with Gasteiger partial charge >= 0.3 is 0 Å². The topological polar surface area (TPSA) is 36.4 Å². The summed E-state index contributed by atoms with van der Waals surface area (Å²) in [5.74, 6) is 0. The number of allylic oxidation sites excluding steroid dienone is 2. The molecule has 0 aromatic heterocycles. The van der Waals surface area contributed by atoms with E-state index in [0.717, 1.165) is 17.1 Å². The molecule has 0 aliphatic carbocycles. The third kappa shape index (κ3) is 3.14. The minimum Gasteiger partial charge on any atom is -0.363 e. The number of hydrogen-bond acceptors (Lipinski definition) is 3. The Balaban J connectivity index is 1.70. The lowest BCUT2D eigenvalue weighted by Gasteiger charge is -2.23. The zero-order valence-electron chi connectivity index (χ0n) is 12.3. The number of anilines is 1. The first-order valence-corrected chi connectivity index (χ1v) is 7.12. The summed E-state index contributed by atoms with van der Waals surface area (Å²) >= 11 is 0. The summed E-state index contributed by atoms with van der Waals surface area (Å²) in [6.45, 7) is 4.04. The van der Waals surface area contributed by atoms with Gasteiger partial charge in [-0.3, -0.25) is 4.99 Å². The van der Waals surface area contributed by atoms with Gasteiger partial charge in [-0.2, -0.15) is 0 Å². The Morgan fingerprint density at radius 1 is 0.905 bits per heavy atom. The average molecular weight is 277 g/mol. The van der Waals surface area contributed by atoms with Crippen molar-refractivity contribution in [3.63, 3.8) is 0 Å². The monoisotopic (exact) mass is 277 g/mol. The standard InChI is InChI=1S/C18H19N3/c1-13-14(2)20-18(12-19-13)21-17-10-8-16(9-11-17)15-6-4-3-5-7-15/h3-12,18,20-21H,1-2H3. The van der Waals surface area contributed by atoms with Gasteiger partial charge in [-0.15, -0.1) is 0 Å². The van der Waals surface area contributed by atoms with Crippen LogP contribution < -0.4 is 10.6 Å². The molecule has 3 rings (SSSR count). The van der Waals surface area contributed by atoms with E-state index in [1.165, 1.54) is 11.1 Å². The van der Waals surface area contributed by atoms with Crippen LogP contribution in [-0.2, 0) is 0 Å². The van der Waals surface area contributed by atoms with Crippen molar-refractivity contribution in [3.8, 4) is 11.1 Å². The lowest BCUT2D eigenvalue weighted by atomic mass is 10.1. The normalized spacial score (nSPS) is 17.5. The van der Waals surface area contributed by atoms with Gasteiger partial charge in [-0.1, -0.05) is 42.5 Å². The summed E-state index contributed by atoms with van der Waals surface area (Å²) in [5.41, 5.74) is 5.67. The van der Waals surface area contributed by atoms with E-state index in [1.54, 1.807) is 0 Å². The summed E-state index contributed by atoms with van der Waals surface area (Å²) in [6, 6.07) is 18.8. The number of hydrogen-bond donors (Lipinski definition) is 2. The van der Waals surface area contributed by atoms with Crippen LogP contribution in [0.5, 0.6) is 0 Å². The largest absolute Gasteiger partial charge is 0.363 e. The molecule has 0 saturated carbocycles. The number of benzene rings is 2. The zero-order valence-corrected chi connectivity index (χ0v) is 12.3. The molecular weight excluding hydrogens is 258 g/mol. The Labute approximate surface area is 125 Å². The fourth-order valence-corrected chi connectivity index (χ4v) is 2.30. The molecule has 0 radical (unpaired) electrons. The number of rotatable bonds is 3. The lowest BCUT2D eigenvalue weighted by Crippen LogP contribution is -2.38. The Morgan fingerprint density at radius 3 is 2.24 bits per heavy atom. The van der Waals surface area contributed by atoms with Gasteiger partial charge in [-0.05, 0) is 37.1 Å². The second-order valence-corrected chi connectivity index (χ2v) is 5.20. The van der Waals surface area contributed by atoms with Gasteiger partial charge < -0.3 is 10.6 Å². The molecule has 106 valence electrons. The number of aliphatic imine (C=N–C) groups is 1. The molecule has 2 aromatic rings. The molecule has 2 aromatic carbocycles. The highest BCUT2D eigenvalue weighted by Crippen LogP contribution is 2.21. The first kappa shape index (κ1) is 13.4. The summed E-state index contributed by atoms with van der Waals surface area (Å²) < 4.78 is 0. The highest BCUT2D eigenvalue weighted by Gasteiger charge is 2.10. The van der Waals surface area contributed by atoms with Crippen molar-refractivity contribution in [3.05, 3.63) is 66.0 Å². The second kappa shape index (κ2) is 5.83. The molecule has 21 heavy (non-hydrogen) atoms. The van der Waals surface area contributed by atoms with Gasteiger partial charge in [0.2, 0.25) is 0 Å². The molecule has 1 unspecified atom stereocenters. The molecule has 0 amide bonds. The van der Waals surface area contributed by atoms with Crippen molar-refractivity contribution in [2.24, 2.45) is 4.99 Å². The predicted molar refractivity (Wildman–Crippen MR) is 89.3 cm³/mol. The maximum absolute atomic E-state index is 4.38. The van der Waals surface area contributed by atoms with Crippen LogP contribution >= 0.6 is 0 Å². The molecule has 1 aliphatic rings. The minimum atomic E-state index is 0.0382. The molecule has 1 aliphatic heterocycles. The highest BCUT2D eigenvalue weighted by molar-refractivity contribution is 5.73. The highest BCUT2D eigenvalue weighted by atomic mass is 15.2. The molecule has 1 atom stereocenters. The van der Waals surface area contributed by atoms with Gasteiger partial charge in [0.1, 0.15) is 6.17 Å². The minimum absolute atomic E-state index is 0.0382. The Kier molecular flexibility index (Phi) is 3.73. The van der Waals surface area contributed by atoms with Crippen molar-refractivity contribution in [2.45, 2.75) is 20.0 Å². The van der Waals surface area contributed by atoms with Crippen molar-refractivity contribution < 1.29 is 0 Å². The van der Waals surface area contributed by atoms with Crippen LogP contribution in [0.1, 0.15) is 13.8 Å². The van der Waals surface area contributed by atoms with Gasteiger partial charge in [0, 0.05) is 17.6 Å². The Bertz CT molecular complexity index is 669. The molecule has 0 saturated heterocycles. The molecule has 0 bridgehead atoms. The van der Waals surface area contributed by atoms with Crippen LogP contribution in [0.4, 0.5) is 5.69 Å². The molecule has 0 fully saturated rings. The van der Waals surface area contributed by atoms with Gasteiger partial charge in [0.25, 0.3) is 0 Å². The molecule has 2 N–H and O–H groups in total. The number of nitrogens with one attached hydrogen (secondary N) is 2. The van der Waals surface area contributed by atoms with Crippen LogP contribution in [0.3, 0.4) is 0 Å².